The second-order valence-electron chi connectivity index (χ2n) is 8.29. The van der Waals surface area contributed by atoms with Gasteiger partial charge in [-0.1, -0.05) is 49.4 Å². The molecule has 0 fully saturated rings. The first-order valence-electron chi connectivity index (χ1n) is 11.5. The summed E-state index contributed by atoms with van der Waals surface area (Å²) in [6.45, 7) is 1.72. The van der Waals surface area contributed by atoms with Crippen molar-refractivity contribution in [3.05, 3.63) is 100 Å². The molecular formula is C27H27F3N2O5. The Bertz CT molecular complexity index is 1190. The SMILES string of the molecule is CC[C@@H](c1ccc(OC)cc1)[C@H]([C@H](c1ccccc1)N(C(=O)C(F)(F)F)c1ccc(OC)cc1)[N+](=O)[O-]. The van der Waals surface area contributed by atoms with Crippen LogP contribution in [-0.4, -0.2) is 37.3 Å². The Morgan fingerprint density at radius 2 is 1.41 bits per heavy atom. The molecular weight excluding hydrogens is 489 g/mol. The average molecular weight is 517 g/mol. The quantitative estimate of drug-likeness (QED) is 0.237. The number of hydrogen-bond donors (Lipinski definition) is 0. The van der Waals surface area contributed by atoms with E-state index >= 15 is 0 Å². The Morgan fingerprint density at radius 1 is 0.892 bits per heavy atom. The van der Waals surface area contributed by atoms with Crippen molar-refractivity contribution in [3.8, 4) is 11.5 Å². The van der Waals surface area contributed by atoms with Crippen molar-refractivity contribution < 1.29 is 32.4 Å². The maximum Gasteiger partial charge on any atom is 0.471 e. The van der Waals surface area contributed by atoms with Gasteiger partial charge in [0.1, 0.15) is 17.5 Å². The van der Waals surface area contributed by atoms with Crippen LogP contribution < -0.4 is 14.4 Å². The topological polar surface area (TPSA) is 81.9 Å². The summed E-state index contributed by atoms with van der Waals surface area (Å²) in [4.78, 5) is 25.5. The molecule has 0 spiro atoms. The number of anilines is 1. The minimum atomic E-state index is -5.28. The van der Waals surface area contributed by atoms with Crippen LogP contribution in [0.3, 0.4) is 0 Å². The van der Waals surface area contributed by atoms with Crippen molar-refractivity contribution in [1.82, 2.24) is 0 Å². The van der Waals surface area contributed by atoms with Crippen molar-refractivity contribution in [1.29, 1.82) is 0 Å². The standard InChI is InChI=1S/C27H27F3N2O5/c1-4-23(18-10-14-21(36-2)15-11-18)25(32(34)35)24(19-8-6-5-7-9-19)31(26(33)27(28,29)30)20-12-16-22(37-3)17-13-20/h5-17,23-25H,4H2,1-3H3/t23-,24-,25+/m0/s1. The highest BCUT2D eigenvalue weighted by molar-refractivity contribution is 5.98. The van der Waals surface area contributed by atoms with Crippen molar-refractivity contribution in [2.45, 2.75) is 37.5 Å². The molecule has 1 amide bonds. The third kappa shape index (κ3) is 6.19. The summed E-state index contributed by atoms with van der Waals surface area (Å²) in [6, 6.07) is 16.5. The lowest BCUT2D eigenvalue weighted by molar-refractivity contribution is -0.531. The number of rotatable bonds is 10. The summed E-state index contributed by atoms with van der Waals surface area (Å²) in [5.74, 6) is -2.14. The summed E-state index contributed by atoms with van der Waals surface area (Å²) < 4.78 is 52.1. The number of halogens is 3. The van der Waals surface area contributed by atoms with Crippen LogP contribution in [-0.2, 0) is 4.79 Å². The number of benzene rings is 3. The zero-order valence-electron chi connectivity index (χ0n) is 20.5. The molecule has 37 heavy (non-hydrogen) atoms. The van der Waals surface area contributed by atoms with Gasteiger partial charge in [0.05, 0.1) is 20.1 Å². The molecule has 0 aliphatic heterocycles. The summed E-state index contributed by atoms with van der Waals surface area (Å²) in [7, 11) is 2.87. The molecule has 3 atom stereocenters. The van der Waals surface area contributed by atoms with E-state index in [0.29, 0.717) is 22.0 Å². The number of nitrogens with zero attached hydrogens (tertiary/aromatic N) is 2. The van der Waals surface area contributed by atoms with Crippen LogP contribution in [0.25, 0.3) is 0 Å². The number of alkyl halides is 3. The third-order valence-corrected chi connectivity index (χ3v) is 6.19. The molecule has 0 radical (unpaired) electrons. The van der Waals surface area contributed by atoms with Gasteiger partial charge in [-0.15, -0.1) is 0 Å². The highest BCUT2D eigenvalue weighted by Crippen LogP contribution is 2.41. The van der Waals surface area contributed by atoms with E-state index in [-0.39, 0.29) is 17.7 Å². The van der Waals surface area contributed by atoms with Crippen molar-refractivity contribution in [2.24, 2.45) is 0 Å². The lowest BCUT2D eigenvalue weighted by Gasteiger charge is -2.36. The van der Waals surface area contributed by atoms with E-state index < -0.39 is 35.0 Å². The van der Waals surface area contributed by atoms with Crippen LogP contribution in [0.2, 0.25) is 0 Å². The lowest BCUT2D eigenvalue weighted by Crippen LogP contribution is -2.50. The molecule has 3 aromatic rings. The smallest absolute Gasteiger partial charge is 0.471 e. The van der Waals surface area contributed by atoms with Crippen molar-refractivity contribution in [3.63, 3.8) is 0 Å². The van der Waals surface area contributed by atoms with E-state index in [2.05, 4.69) is 0 Å². The number of nitro groups is 1. The van der Waals surface area contributed by atoms with Gasteiger partial charge < -0.3 is 9.47 Å². The Kier molecular flexibility index (Phi) is 8.75. The van der Waals surface area contributed by atoms with E-state index in [1.54, 1.807) is 49.4 Å². The molecule has 0 aromatic heterocycles. The molecule has 0 unspecified atom stereocenters. The summed E-state index contributed by atoms with van der Waals surface area (Å²) in [5, 5.41) is 12.7. The van der Waals surface area contributed by atoms with Crippen LogP contribution >= 0.6 is 0 Å². The fourth-order valence-corrected chi connectivity index (χ4v) is 4.44. The van der Waals surface area contributed by atoms with Crippen LogP contribution in [0, 0.1) is 10.1 Å². The number of amides is 1. The average Bonchev–Trinajstić information content (AvgIpc) is 2.90. The molecule has 0 N–H and O–H groups in total. The zero-order chi connectivity index (χ0) is 27.2. The molecule has 0 saturated carbocycles. The van der Waals surface area contributed by atoms with E-state index in [0.717, 1.165) is 0 Å². The number of ether oxygens (including phenoxy) is 2. The van der Waals surface area contributed by atoms with Gasteiger partial charge in [-0.2, -0.15) is 13.2 Å². The minimum Gasteiger partial charge on any atom is -0.497 e. The Morgan fingerprint density at radius 3 is 1.84 bits per heavy atom. The summed E-state index contributed by atoms with van der Waals surface area (Å²) in [6.07, 6.45) is -5.05. The molecule has 0 aliphatic carbocycles. The Balaban J connectivity index is 2.27. The van der Waals surface area contributed by atoms with Crippen LogP contribution in [0.1, 0.15) is 36.4 Å². The van der Waals surface area contributed by atoms with Gasteiger partial charge in [0.15, 0.2) is 0 Å². The van der Waals surface area contributed by atoms with E-state index in [1.165, 1.54) is 50.6 Å². The molecule has 10 heteroatoms. The normalized spacial score (nSPS) is 13.8. The molecule has 0 saturated heterocycles. The van der Waals surface area contributed by atoms with Crippen molar-refractivity contribution >= 4 is 11.6 Å². The van der Waals surface area contributed by atoms with Gasteiger partial charge in [0.25, 0.3) is 0 Å². The number of methoxy groups -OCH3 is 2. The minimum absolute atomic E-state index is 0.145. The molecule has 0 aliphatic rings. The highest BCUT2D eigenvalue weighted by atomic mass is 19.4. The van der Waals surface area contributed by atoms with Gasteiger partial charge in [-0.05, 0) is 53.9 Å². The van der Waals surface area contributed by atoms with Gasteiger partial charge in [0, 0.05) is 10.6 Å². The number of carbonyl (C=O) groups excluding carboxylic acids is 1. The molecule has 196 valence electrons. The maximum atomic E-state index is 14.0. The molecule has 7 nitrogen and oxygen atoms in total. The monoisotopic (exact) mass is 516 g/mol. The van der Waals surface area contributed by atoms with Gasteiger partial charge in [0.2, 0.25) is 6.04 Å². The number of carbonyl (C=O) groups is 1. The maximum absolute atomic E-state index is 14.0. The Labute approximate surface area is 212 Å². The van der Waals surface area contributed by atoms with Gasteiger partial charge in [-0.25, -0.2) is 0 Å². The highest BCUT2D eigenvalue weighted by Gasteiger charge is 2.52. The van der Waals surface area contributed by atoms with Gasteiger partial charge in [-0.3, -0.25) is 19.8 Å². The third-order valence-electron chi connectivity index (χ3n) is 6.19. The first-order chi connectivity index (χ1) is 17.6. The fraction of sp³-hybridized carbons (Fsp3) is 0.296. The van der Waals surface area contributed by atoms with Crippen LogP contribution in [0.4, 0.5) is 18.9 Å². The first-order valence-corrected chi connectivity index (χ1v) is 11.5. The second-order valence-corrected chi connectivity index (χ2v) is 8.29. The number of hydrogen-bond acceptors (Lipinski definition) is 5. The molecule has 3 rings (SSSR count). The predicted octanol–water partition coefficient (Wildman–Crippen LogP) is 6.18. The van der Waals surface area contributed by atoms with Crippen LogP contribution in [0.5, 0.6) is 11.5 Å². The van der Waals surface area contributed by atoms with Crippen LogP contribution in [0.15, 0.2) is 78.9 Å². The molecule has 0 bridgehead atoms. The van der Waals surface area contributed by atoms with E-state index in [9.17, 15) is 28.1 Å². The van der Waals surface area contributed by atoms with Gasteiger partial charge >= 0.3 is 12.1 Å². The van der Waals surface area contributed by atoms with Crippen molar-refractivity contribution in [2.75, 3.05) is 19.1 Å². The van der Waals surface area contributed by atoms with E-state index in [4.69, 9.17) is 9.47 Å². The second kappa shape index (κ2) is 11.8. The lowest BCUT2D eigenvalue weighted by atomic mass is 9.82. The van der Waals surface area contributed by atoms with E-state index in [1.807, 2.05) is 0 Å². The zero-order valence-corrected chi connectivity index (χ0v) is 20.5. The largest absolute Gasteiger partial charge is 0.497 e. The molecule has 0 heterocycles. The Hall–Kier alpha value is -4.08. The molecule has 3 aromatic carbocycles. The predicted molar refractivity (Wildman–Crippen MR) is 133 cm³/mol. The summed E-state index contributed by atoms with van der Waals surface area (Å²) >= 11 is 0. The fourth-order valence-electron chi connectivity index (χ4n) is 4.44. The first kappa shape index (κ1) is 27.5. The summed E-state index contributed by atoms with van der Waals surface area (Å²) in [5.41, 5.74) is 0.595.